The molecule has 0 heterocycles. The third-order valence-corrected chi connectivity index (χ3v) is 6.69. The van der Waals surface area contributed by atoms with Crippen molar-refractivity contribution in [3.63, 3.8) is 0 Å². The van der Waals surface area contributed by atoms with Crippen LogP contribution in [0.1, 0.15) is 0 Å². The molecule has 0 amide bonds. The molecule has 0 aliphatic carbocycles. The van der Waals surface area contributed by atoms with Gasteiger partial charge in [-0.25, -0.2) is 9.59 Å². The maximum absolute atomic E-state index is 12.0. The summed E-state index contributed by atoms with van der Waals surface area (Å²) in [5.41, 5.74) is 0. The molecule has 0 N–H and O–H groups in total. The number of hydrogen-bond acceptors (Lipinski definition) is 4. The molecule has 104 valence electrons. The monoisotopic (exact) mass is 288 g/mol. The van der Waals surface area contributed by atoms with Crippen LogP contribution in [0, 0.1) is 0 Å². The molecule has 4 nitrogen and oxygen atoms in total. The van der Waals surface area contributed by atoms with Gasteiger partial charge in [0.05, 0.1) is 30.4 Å². The molecule has 0 saturated carbocycles. The Morgan fingerprint density at radius 1 is 0.667 bits per heavy atom. The average Bonchev–Trinajstić information content (AvgIpc) is 2.20. The normalized spacial score (nSPS) is 13.8. The lowest BCUT2D eigenvalue weighted by molar-refractivity contribution is -0.138. The molecular formula is C12H24O4Si2. The summed E-state index contributed by atoms with van der Waals surface area (Å²) >= 11 is 0. The molecule has 0 radical (unpaired) electrons. The first kappa shape index (κ1) is 17.1. The van der Waals surface area contributed by atoms with Crippen LogP contribution in [-0.2, 0) is 19.1 Å². The fourth-order valence-electron chi connectivity index (χ4n) is 1.77. The van der Waals surface area contributed by atoms with Crippen LogP contribution >= 0.6 is 0 Å². The molecule has 0 aliphatic rings. The number of carbonyl (C=O) groups excluding carboxylic acids is 2. The Labute approximate surface area is 111 Å². The summed E-state index contributed by atoms with van der Waals surface area (Å²) in [5, 5.41) is 1.13. The number of carbonyl (C=O) groups is 2. The Balaban J connectivity index is 6.21. The van der Waals surface area contributed by atoms with Crippen LogP contribution in [0.2, 0.25) is 39.3 Å². The van der Waals surface area contributed by atoms with E-state index in [1.807, 2.05) is 39.3 Å². The number of esters is 2. The third kappa shape index (κ3) is 4.10. The van der Waals surface area contributed by atoms with Gasteiger partial charge in [0.15, 0.2) is 0 Å². The summed E-state index contributed by atoms with van der Waals surface area (Å²) in [4.78, 5) is 24.1. The van der Waals surface area contributed by atoms with Gasteiger partial charge >= 0.3 is 11.9 Å². The predicted molar refractivity (Wildman–Crippen MR) is 77.8 cm³/mol. The largest absolute Gasteiger partial charge is 0.466 e. The maximum Gasteiger partial charge on any atom is 0.329 e. The zero-order valence-corrected chi connectivity index (χ0v) is 14.6. The van der Waals surface area contributed by atoms with Gasteiger partial charge in [-0.05, 0) is 0 Å². The average molecular weight is 288 g/mol. The molecule has 0 aliphatic heterocycles. The number of methoxy groups -OCH3 is 2. The van der Waals surface area contributed by atoms with Crippen LogP contribution in [0.3, 0.4) is 0 Å². The van der Waals surface area contributed by atoms with E-state index in [0.29, 0.717) is 10.4 Å². The van der Waals surface area contributed by atoms with Crippen molar-refractivity contribution in [1.82, 2.24) is 0 Å². The first-order valence-corrected chi connectivity index (χ1v) is 12.9. The highest BCUT2D eigenvalue weighted by atomic mass is 28.3. The van der Waals surface area contributed by atoms with Crippen LogP contribution in [0.4, 0.5) is 0 Å². The number of ether oxygens (including phenoxy) is 2. The van der Waals surface area contributed by atoms with Gasteiger partial charge in [-0.15, -0.1) is 0 Å². The summed E-state index contributed by atoms with van der Waals surface area (Å²) < 4.78 is 9.72. The van der Waals surface area contributed by atoms with E-state index in [0.717, 1.165) is 0 Å². The molecule has 0 unspecified atom stereocenters. The zero-order valence-electron chi connectivity index (χ0n) is 12.6. The SMILES string of the molecule is COC(=O)/C(=C(\C(=O)OC)[Si](C)(C)C)[Si](C)(C)C. The first-order valence-electron chi connectivity index (χ1n) is 5.88. The van der Waals surface area contributed by atoms with Gasteiger partial charge in [0.1, 0.15) is 0 Å². The predicted octanol–water partition coefficient (Wildman–Crippen LogP) is 2.38. The molecule has 0 rings (SSSR count). The highest BCUT2D eigenvalue weighted by Crippen LogP contribution is 2.27. The standard InChI is InChI=1S/C12H24O4Si2/c1-15-11(13)9(17(3,4)5)10(12(14)16-2)18(6,7)8/h1-8H3/b10-9-. The van der Waals surface area contributed by atoms with E-state index in [1.165, 1.54) is 14.2 Å². The van der Waals surface area contributed by atoms with Gasteiger partial charge in [-0.2, -0.15) is 0 Å². The molecule has 0 bridgehead atoms. The van der Waals surface area contributed by atoms with E-state index in [-0.39, 0.29) is 0 Å². The van der Waals surface area contributed by atoms with Gasteiger partial charge < -0.3 is 9.47 Å². The Hall–Kier alpha value is -0.886. The van der Waals surface area contributed by atoms with Gasteiger partial charge in [-0.3, -0.25) is 0 Å². The molecule has 0 saturated heterocycles. The quantitative estimate of drug-likeness (QED) is 0.453. The molecule has 18 heavy (non-hydrogen) atoms. The number of hydrogen-bond donors (Lipinski definition) is 0. The second-order valence-corrected chi connectivity index (χ2v) is 16.2. The van der Waals surface area contributed by atoms with E-state index in [2.05, 4.69) is 0 Å². The minimum atomic E-state index is -1.98. The lowest BCUT2D eigenvalue weighted by Gasteiger charge is -2.28. The first-order chi connectivity index (χ1) is 7.96. The van der Waals surface area contributed by atoms with Gasteiger partial charge in [0.25, 0.3) is 0 Å². The summed E-state index contributed by atoms with van der Waals surface area (Å²) in [7, 11) is -1.27. The van der Waals surface area contributed by atoms with Crippen molar-refractivity contribution in [2.24, 2.45) is 0 Å². The van der Waals surface area contributed by atoms with E-state index in [4.69, 9.17) is 9.47 Å². The van der Waals surface area contributed by atoms with E-state index < -0.39 is 28.1 Å². The number of rotatable bonds is 4. The fourth-order valence-corrected chi connectivity index (χ4v) is 7.15. The van der Waals surface area contributed by atoms with E-state index >= 15 is 0 Å². The second-order valence-electron chi connectivity index (χ2n) is 6.23. The molecule has 0 aromatic rings. The smallest absolute Gasteiger partial charge is 0.329 e. The van der Waals surface area contributed by atoms with Crippen molar-refractivity contribution in [2.75, 3.05) is 14.2 Å². The fraction of sp³-hybridized carbons (Fsp3) is 0.667. The Morgan fingerprint density at radius 3 is 1.00 bits per heavy atom. The molecule has 0 atom stereocenters. The van der Waals surface area contributed by atoms with Crippen molar-refractivity contribution < 1.29 is 19.1 Å². The Kier molecular flexibility index (Phi) is 5.55. The van der Waals surface area contributed by atoms with E-state index in [1.54, 1.807) is 0 Å². The van der Waals surface area contributed by atoms with Gasteiger partial charge in [-0.1, -0.05) is 39.3 Å². The van der Waals surface area contributed by atoms with Crippen LogP contribution in [-0.4, -0.2) is 42.3 Å². The maximum atomic E-state index is 12.0. The van der Waals surface area contributed by atoms with Crippen LogP contribution < -0.4 is 0 Å². The summed E-state index contributed by atoms with van der Waals surface area (Å²) in [6.45, 7) is 12.2. The molecule has 6 heteroatoms. The van der Waals surface area contributed by atoms with Crippen molar-refractivity contribution >= 4 is 28.1 Å². The lowest BCUT2D eigenvalue weighted by Crippen LogP contribution is -2.41. The highest BCUT2D eigenvalue weighted by Gasteiger charge is 2.39. The van der Waals surface area contributed by atoms with Crippen molar-refractivity contribution in [3.8, 4) is 0 Å². The topological polar surface area (TPSA) is 52.6 Å². The van der Waals surface area contributed by atoms with Crippen molar-refractivity contribution in [3.05, 3.63) is 10.4 Å². The van der Waals surface area contributed by atoms with Crippen LogP contribution in [0.15, 0.2) is 10.4 Å². The van der Waals surface area contributed by atoms with Crippen molar-refractivity contribution in [1.29, 1.82) is 0 Å². The molecule has 0 fully saturated rings. The third-order valence-electron chi connectivity index (χ3n) is 2.53. The molecule has 0 aromatic heterocycles. The molecular weight excluding hydrogens is 264 g/mol. The second kappa shape index (κ2) is 5.84. The van der Waals surface area contributed by atoms with Crippen LogP contribution in [0.5, 0.6) is 0 Å². The summed E-state index contributed by atoms with van der Waals surface area (Å²) in [6.07, 6.45) is 0. The minimum absolute atomic E-state index is 0.392. The Bertz CT molecular complexity index is 337. The van der Waals surface area contributed by atoms with E-state index in [9.17, 15) is 9.59 Å². The zero-order chi connectivity index (χ0) is 14.7. The molecule has 0 aromatic carbocycles. The Morgan fingerprint density at radius 2 is 0.889 bits per heavy atom. The van der Waals surface area contributed by atoms with Gasteiger partial charge in [0, 0.05) is 10.4 Å². The molecule has 0 spiro atoms. The summed E-state index contributed by atoms with van der Waals surface area (Å²) in [5.74, 6) is -0.783. The van der Waals surface area contributed by atoms with Crippen molar-refractivity contribution in [2.45, 2.75) is 39.3 Å². The van der Waals surface area contributed by atoms with Gasteiger partial charge in [0.2, 0.25) is 0 Å². The minimum Gasteiger partial charge on any atom is -0.466 e. The highest BCUT2D eigenvalue weighted by molar-refractivity contribution is 6.94. The van der Waals surface area contributed by atoms with Crippen LogP contribution in [0.25, 0.3) is 0 Å². The summed E-state index contributed by atoms with van der Waals surface area (Å²) in [6, 6.07) is 0. The lowest BCUT2D eigenvalue weighted by atomic mass is 10.5.